The van der Waals surface area contributed by atoms with Crippen molar-refractivity contribution in [1.82, 2.24) is 0 Å². The molecular weight excluding hydrogens is 160 g/mol. The van der Waals surface area contributed by atoms with Crippen LogP contribution in [0.25, 0.3) is 0 Å². The van der Waals surface area contributed by atoms with Gasteiger partial charge in [0.1, 0.15) is 5.76 Å². The highest BCUT2D eigenvalue weighted by Crippen LogP contribution is 2.24. The van der Waals surface area contributed by atoms with Crippen LogP contribution >= 0.6 is 11.6 Å². The van der Waals surface area contributed by atoms with E-state index in [0.717, 1.165) is 5.76 Å². The van der Waals surface area contributed by atoms with E-state index in [-0.39, 0.29) is 5.41 Å². The van der Waals surface area contributed by atoms with E-state index in [4.69, 9.17) is 16.0 Å². The van der Waals surface area contributed by atoms with E-state index in [1.165, 1.54) is 5.56 Å². The van der Waals surface area contributed by atoms with Crippen molar-refractivity contribution in [3.8, 4) is 0 Å². The molecule has 0 unspecified atom stereocenters. The second kappa shape index (κ2) is 2.90. The van der Waals surface area contributed by atoms with Gasteiger partial charge in [0.25, 0.3) is 0 Å². The minimum Gasteiger partial charge on any atom is -0.468 e. The minimum atomic E-state index is 0.161. The molecule has 62 valence electrons. The molecule has 1 aromatic rings. The summed E-state index contributed by atoms with van der Waals surface area (Å²) in [6, 6.07) is 2.01. The SMILES string of the molecule is CC(C)(C)c1coc(CCl)c1. The predicted octanol–water partition coefficient (Wildman–Crippen LogP) is 3.32. The van der Waals surface area contributed by atoms with Crippen molar-refractivity contribution >= 4 is 11.6 Å². The van der Waals surface area contributed by atoms with Gasteiger partial charge in [-0.3, -0.25) is 0 Å². The lowest BCUT2D eigenvalue weighted by Gasteiger charge is -2.14. The fourth-order valence-electron chi connectivity index (χ4n) is 0.844. The molecule has 1 heterocycles. The van der Waals surface area contributed by atoms with Crippen molar-refractivity contribution in [3.05, 3.63) is 23.7 Å². The zero-order valence-electron chi connectivity index (χ0n) is 7.15. The number of alkyl halides is 1. The molecule has 0 aliphatic carbocycles. The lowest BCUT2D eigenvalue weighted by Crippen LogP contribution is -2.08. The van der Waals surface area contributed by atoms with E-state index >= 15 is 0 Å². The van der Waals surface area contributed by atoms with Crippen LogP contribution in [-0.2, 0) is 11.3 Å². The Balaban J connectivity index is 2.89. The molecular formula is C9H13ClO. The number of halogens is 1. The third kappa shape index (κ3) is 2.00. The number of furan rings is 1. The van der Waals surface area contributed by atoms with E-state index in [0.29, 0.717) is 5.88 Å². The van der Waals surface area contributed by atoms with Gasteiger partial charge in [-0.2, -0.15) is 0 Å². The highest BCUT2D eigenvalue weighted by atomic mass is 35.5. The molecule has 0 spiro atoms. The van der Waals surface area contributed by atoms with Crippen LogP contribution < -0.4 is 0 Å². The normalized spacial score (nSPS) is 12.0. The van der Waals surface area contributed by atoms with Gasteiger partial charge in [-0.1, -0.05) is 20.8 Å². The van der Waals surface area contributed by atoms with Crippen LogP contribution in [0.5, 0.6) is 0 Å². The zero-order valence-corrected chi connectivity index (χ0v) is 7.90. The Morgan fingerprint density at radius 1 is 1.45 bits per heavy atom. The molecule has 0 atom stereocenters. The third-order valence-corrected chi connectivity index (χ3v) is 1.91. The van der Waals surface area contributed by atoms with Gasteiger partial charge in [-0.25, -0.2) is 0 Å². The van der Waals surface area contributed by atoms with Gasteiger partial charge in [0, 0.05) is 0 Å². The predicted molar refractivity (Wildman–Crippen MR) is 47.0 cm³/mol. The lowest BCUT2D eigenvalue weighted by molar-refractivity contribution is 0.513. The summed E-state index contributed by atoms with van der Waals surface area (Å²) >= 11 is 5.60. The summed E-state index contributed by atoms with van der Waals surface area (Å²) in [5, 5.41) is 0. The largest absolute Gasteiger partial charge is 0.468 e. The average Bonchev–Trinajstić information content (AvgIpc) is 2.32. The summed E-state index contributed by atoms with van der Waals surface area (Å²) in [4.78, 5) is 0. The van der Waals surface area contributed by atoms with E-state index in [1.54, 1.807) is 6.26 Å². The molecule has 1 nitrogen and oxygen atoms in total. The van der Waals surface area contributed by atoms with Crippen molar-refractivity contribution in [1.29, 1.82) is 0 Å². The van der Waals surface area contributed by atoms with Gasteiger partial charge < -0.3 is 4.42 Å². The topological polar surface area (TPSA) is 13.1 Å². The maximum absolute atomic E-state index is 5.60. The Bertz CT molecular complexity index is 232. The smallest absolute Gasteiger partial charge is 0.118 e. The number of hydrogen-bond donors (Lipinski definition) is 0. The zero-order chi connectivity index (χ0) is 8.48. The Labute approximate surface area is 72.4 Å². The van der Waals surface area contributed by atoms with Crippen molar-refractivity contribution < 1.29 is 4.42 Å². The molecule has 0 aliphatic heterocycles. The molecule has 1 rings (SSSR count). The summed E-state index contributed by atoms with van der Waals surface area (Å²) in [7, 11) is 0. The Morgan fingerprint density at radius 2 is 2.09 bits per heavy atom. The van der Waals surface area contributed by atoms with Crippen LogP contribution in [0.2, 0.25) is 0 Å². The molecule has 0 bridgehead atoms. The first-order chi connectivity index (χ1) is 5.04. The lowest BCUT2D eigenvalue weighted by atomic mass is 9.89. The Kier molecular flexibility index (Phi) is 2.28. The summed E-state index contributed by atoms with van der Waals surface area (Å²) < 4.78 is 5.21. The molecule has 0 fully saturated rings. The van der Waals surface area contributed by atoms with Crippen molar-refractivity contribution in [3.63, 3.8) is 0 Å². The summed E-state index contributed by atoms with van der Waals surface area (Å²) in [6.07, 6.45) is 1.78. The maximum atomic E-state index is 5.60. The van der Waals surface area contributed by atoms with Crippen molar-refractivity contribution in [2.24, 2.45) is 0 Å². The molecule has 0 N–H and O–H groups in total. The molecule has 2 heteroatoms. The molecule has 11 heavy (non-hydrogen) atoms. The quantitative estimate of drug-likeness (QED) is 0.593. The van der Waals surface area contributed by atoms with Crippen molar-refractivity contribution in [2.45, 2.75) is 32.1 Å². The first-order valence-corrected chi connectivity index (χ1v) is 4.21. The van der Waals surface area contributed by atoms with Crippen LogP contribution in [-0.4, -0.2) is 0 Å². The van der Waals surface area contributed by atoms with Gasteiger partial charge in [0.2, 0.25) is 0 Å². The second-order valence-corrected chi connectivity index (χ2v) is 3.95. The molecule has 0 saturated heterocycles. The minimum absolute atomic E-state index is 0.161. The third-order valence-electron chi connectivity index (χ3n) is 1.65. The Morgan fingerprint density at radius 3 is 2.36 bits per heavy atom. The fourth-order valence-corrected chi connectivity index (χ4v) is 0.984. The molecule has 0 aromatic carbocycles. The summed E-state index contributed by atoms with van der Waals surface area (Å²) in [6.45, 7) is 6.45. The van der Waals surface area contributed by atoms with E-state index in [2.05, 4.69) is 20.8 Å². The van der Waals surface area contributed by atoms with Gasteiger partial charge in [0.05, 0.1) is 12.1 Å². The first-order valence-electron chi connectivity index (χ1n) is 3.68. The molecule has 0 amide bonds. The van der Waals surface area contributed by atoms with E-state index < -0.39 is 0 Å². The van der Waals surface area contributed by atoms with Crippen LogP contribution in [0.15, 0.2) is 16.7 Å². The monoisotopic (exact) mass is 172 g/mol. The van der Waals surface area contributed by atoms with Crippen molar-refractivity contribution in [2.75, 3.05) is 0 Å². The summed E-state index contributed by atoms with van der Waals surface area (Å²) in [5.41, 5.74) is 1.36. The maximum Gasteiger partial charge on any atom is 0.118 e. The van der Waals surface area contributed by atoms with Crippen LogP contribution in [0.4, 0.5) is 0 Å². The second-order valence-electron chi connectivity index (χ2n) is 3.69. The number of hydrogen-bond acceptors (Lipinski definition) is 1. The van der Waals surface area contributed by atoms with Crippen LogP contribution in [0, 0.1) is 0 Å². The standard InChI is InChI=1S/C9H13ClO/c1-9(2,3)7-4-8(5-10)11-6-7/h4,6H,5H2,1-3H3. The Hall–Kier alpha value is -0.430. The van der Waals surface area contributed by atoms with Gasteiger partial charge in [-0.05, 0) is 17.0 Å². The van der Waals surface area contributed by atoms with Crippen LogP contribution in [0.1, 0.15) is 32.1 Å². The molecule has 0 aliphatic rings. The molecule has 0 saturated carbocycles. The first kappa shape index (κ1) is 8.66. The van der Waals surface area contributed by atoms with Gasteiger partial charge in [-0.15, -0.1) is 11.6 Å². The molecule has 0 radical (unpaired) electrons. The highest BCUT2D eigenvalue weighted by molar-refractivity contribution is 6.16. The fraction of sp³-hybridized carbons (Fsp3) is 0.556. The number of rotatable bonds is 1. The summed E-state index contributed by atoms with van der Waals surface area (Å²) in [5.74, 6) is 1.30. The van der Waals surface area contributed by atoms with Gasteiger partial charge in [0.15, 0.2) is 0 Å². The van der Waals surface area contributed by atoms with Crippen LogP contribution in [0.3, 0.4) is 0 Å². The average molecular weight is 173 g/mol. The molecule has 1 aromatic heterocycles. The van der Waals surface area contributed by atoms with E-state index in [1.807, 2.05) is 6.07 Å². The van der Waals surface area contributed by atoms with E-state index in [9.17, 15) is 0 Å². The highest BCUT2D eigenvalue weighted by Gasteiger charge is 2.15. The van der Waals surface area contributed by atoms with Gasteiger partial charge >= 0.3 is 0 Å².